The minimum atomic E-state index is -0.800. The highest BCUT2D eigenvalue weighted by atomic mass is 32.2. The zero-order chi connectivity index (χ0) is 30.3. The molecule has 3 aliphatic rings. The molecule has 3 heterocycles. The lowest BCUT2D eigenvalue weighted by atomic mass is 9.70. The number of fused-ring (bicyclic) bond motifs is 2. The Kier molecular flexibility index (Phi) is 8.13. The van der Waals surface area contributed by atoms with E-state index in [1.807, 2.05) is 75.4 Å². The SMILES string of the molecule is CCOc1ccc(NC(=O)[C@@H]2[C@H]3C(=O)N([C@@H](CO)CC(C)C)C(C(=O)Nc4ccc5ccccc5c4)C34CC[C@H]2S4)cc1. The van der Waals surface area contributed by atoms with E-state index in [0.29, 0.717) is 30.8 Å². The van der Waals surface area contributed by atoms with Crippen molar-refractivity contribution in [3.05, 3.63) is 66.7 Å². The molecule has 3 fully saturated rings. The molecule has 3 saturated heterocycles. The lowest BCUT2D eigenvalue weighted by molar-refractivity contribution is -0.141. The van der Waals surface area contributed by atoms with Gasteiger partial charge < -0.3 is 25.4 Å². The third-order valence-corrected chi connectivity index (χ3v) is 11.0. The van der Waals surface area contributed by atoms with E-state index in [-0.39, 0.29) is 35.5 Å². The molecule has 0 radical (unpaired) electrons. The number of amides is 3. The van der Waals surface area contributed by atoms with Crippen molar-refractivity contribution in [1.82, 2.24) is 4.90 Å². The van der Waals surface area contributed by atoms with Crippen molar-refractivity contribution < 1.29 is 24.2 Å². The maximum atomic E-state index is 14.4. The summed E-state index contributed by atoms with van der Waals surface area (Å²) in [5.41, 5.74) is 1.29. The van der Waals surface area contributed by atoms with Crippen molar-refractivity contribution >= 4 is 51.6 Å². The smallest absolute Gasteiger partial charge is 0.248 e. The van der Waals surface area contributed by atoms with Gasteiger partial charge in [-0.1, -0.05) is 44.2 Å². The van der Waals surface area contributed by atoms with E-state index in [2.05, 4.69) is 10.6 Å². The lowest BCUT2D eigenvalue weighted by Gasteiger charge is -2.37. The van der Waals surface area contributed by atoms with Crippen LogP contribution in [0.15, 0.2) is 66.7 Å². The monoisotopic (exact) mass is 601 g/mol. The fraction of sp³-hybridized carbons (Fsp3) is 0.441. The second-order valence-corrected chi connectivity index (χ2v) is 13.9. The van der Waals surface area contributed by atoms with E-state index >= 15 is 0 Å². The van der Waals surface area contributed by atoms with E-state index in [9.17, 15) is 19.5 Å². The number of thioether (sulfide) groups is 1. The summed E-state index contributed by atoms with van der Waals surface area (Å²) < 4.78 is 4.78. The predicted octanol–water partition coefficient (Wildman–Crippen LogP) is 5.31. The number of ether oxygens (including phenoxy) is 1. The molecule has 6 atom stereocenters. The van der Waals surface area contributed by atoms with Crippen molar-refractivity contribution in [3.8, 4) is 5.75 Å². The summed E-state index contributed by atoms with van der Waals surface area (Å²) in [5, 5.41) is 18.7. The number of nitrogens with one attached hydrogen (secondary N) is 2. The quantitative estimate of drug-likeness (QED) is 0.291. The number of rotatable bonds is 10. The highest BCUT2D eigenvalue weighted by Gasteiger charge is 2.74. The van der Waals surface area contributed by atoms with Gasteiger partial charge in [0.2, 0.25) is 17.7 Å². The van der Waals surface area contributed by atoms with Gasteiger partial charge in [0.05, 0.1) is 35.8 Å². The minimum absolute atomic E-state index is 0.0626. The highest BCUT2D eigenvalue weighted by Crippen LogP contribution is 2.66. The number of benzene rings is 3. The van der Waals surface area contributed by atoms with Crippen LogP contribution in [-0.2, 0) is 14.4 Å². The van der Waals surface area contributed by atoms with Crippen LogP contribution in [0.5, 0.6) is 5.75 Å². The molecule has 226 valence electrons. The Labute approximate surface area is 256 Å². The van der Waals surface area contributed by atoms with Crippen LogP contribution in [0.1, 0.15) is 40.0 Å². The van der Waals surface area contributed by atoms with Gasteiger partial charge in [-0.05, 0) is 79.3 Å². The van der Waals surface area contributed by atoms with Crippen LogP contribution in [0.4, 0.5) is 11.4 Å². The van der Waals surface area contributed by atoms with Crippen LogP contribution >= 0.6 is 11.8 Å². The van der Waals surface area contributed by atoms with Crippen LogP contribution in [0.25, 0.3) is 10.8 Å². The molecule has 3 aliphatic heterocycles. The molecule has 1 spiro atoms. The van der Waals surface area contributed by atoms with Gasteiger partial charge >= 0.3 is 0 Å². The zero-order valence-electron chi connectivity index (χ0n) is 24.8. The van der Waals surface area contributed by atoms with Gasteiger partial charge in [0, 0.05) is 16.6 Å². The van der Waals surface area contributed by atoms with Crippen LogP contribution in [0, 0.1) is 17.8 Å². The molecule has 9 heteroatoms. The van der Waals surface area contributed by atoms with Crippen molar-refractivity contribution in [2.45, 2.75) is 62.1 Å². The molecular weight excluding hydrogens is 562 g/mol. The van der Waals surface area contributed by atoms with E-state index in [1.165, 1.54) is 0 Å². The van der Waals surface area contributed by atoms with Gasteiger partial charge in [-0.2, -0.15) is 0 Å². The summed E-state index contributed by atoms with van der Waals surface area (Å²) in [5.74, 6) is -0.980. The van der Waals surface area contributed by atoms with Crippen molar-refractivity contribution in [3.63, 3.8) is 0 Å². The second kappa shape index (κ2) is 11.8. The number of likely N-dealkylation sites (tertiary alicyclic amines) is 1. The van der Waals surface area contributed by atoms with Gasteiger partial charge in [-0.3, -0.25) is 14.4 Å². The maximum Gasteiger partial charge on any atom is 0.248 e. The molecule has 3 aromatic rings. The van der Waals surface area contributed by atoms with Gasteiger partial charge in [0.1, 0.15) is 11.8 Å². The Hall–Kier alpha value is -3.56. The molecule has 6 rings (SSSR count). The molecule has 3 aromatic carbocycles. The third-order valence-electron chi connectivity index (χ3n) is 9.09. The Bertz CT molecular complexity index is 1530. The van der Waals surface area contributed by atoms with Crippen LogP contribution in [0.3, 0.4) is 0 Å². The van der Waals surface area contributed by atoms with Gasteiger partial charge in [-0.25, -0.2) is 0 Å². The highest BCUT2D eigenvalue weighted by molar-refractivity contribution is 8.02. The Morgan fingerprint density at radius 3 is 2.42 bits per heavy atom. The summed E-state index contributed by atoms with van der Waals surface area (Å²) in [6.07, 6.45) is 1.97. The van der Waals surface area contributed by atoms with Gasteiger partial charge in [-0.15, -0.1) is 11.8 Å². The lowest BCUT2D eigenvalue weighted by Crippen LogP contribution is -2.55. The summed E-state index contributed by atoms with van der Waals surface area (Å²) in [6, 6.07) is 19.6. The second-order valence-electron chi connectivity index (χ2n) is 12.3. The van der Waals surface area contributed by atoms with E-state index in [4.69, 9.17) is 4.74 Å². The molecule has 0 aliphatic carbocycles. The first-order valence-corrected chi connectivity index (χ1v) is 16.1. The molecule has 8 nitrogen and oxygen atoms in total. The zero-order valence-corrected chi connectivity index (χ0v) is 25.6. The Morgan fingerprint density at radius 1 is 1.02 bits per heavy atom. The van der Waals surface area contributed by atoms with Crippen molar-refractivity contribution in [1.29, 1.82) is 0 Å². The molecule has 43 heavy (non-hydrogen) atoms. The largest absolute Gasteiger partial charge is 0.494 e. The van der Waals surface area contributed by atoms with E-state index in [0.717, 1.165) is 22.9 Å². The molecule has 0 aromatic heterocycles. The number of hydrogen-bond acceptors (Lipinski definition) is 6. The minimum Gasteiger partial charge on any atom is -0.494 e. The molecular formula is C34H39N3O5S. The maximum absolute atomic E-state index is 14.4. The molecule has 0 saturated carbocycles. The molecule has 2 unspecified atom stereocenters. The number of anilines is 2. The number of carbonyl (C=O) groups excluding carboxylic acids is 3. The third kappa shape index (κ3) is 5.27. The normalized spacial score (nSPS) is 26.5. The molecule has 3 N–H and O–H groups in total. The summed E-state index contributed by atoms with van der Waals surface area (Å²) in [6.45, 7) is 6.30. The summed E-state index contributed by atoms with van der Waals surface area (Å²) >= 11 is 1.62. The standard InChI is InChI=1S/C34H39N3O5S/c1-4-42-26-13-11-23(12-14-26)35-31(39)28-27-15-16-34(43-27)29(28)33(41)37(25(19-38)17-20(2)3)30(34)32(40)36-24-10-9-21-7-5-6-8-22(21)18-24/h5-14,18,20,25,27-30,38H,4,15-17,19H2,1-3H3,(H,35,39)(H,36,40)/t25-,27-,28+,29+,30?,34?/m1/s1. The van der Waals surface area contributed by atoms with Crippen LogP contribution < -0.4 is 15.4 Å². The number of aliphatic hydroxyl groups is 1. The van der Waals surface area contributed by atoms with Gasteiger partial charge in [0.25, 0.3) is 0 Å². The first-order valence-electron chi connectivity index (χ1n) is 15.2. The topological polar surface area (TPSA) is 108 Å². The van der Waals surface area contributed by atoms with Crippen molar-refractivity contribution in [2.75, 3.05) is 23.8 Å². The first kappa shape index (κ1) is 29.5. The predicted molar refractivity (Wildman–Crippen MR) is 170 cm³/mol. The summed E-state index contributed by atoms with van der Waals surface area (Å²) in [4.78, 5) is 44.2. The first-order chi connectivity index (χ1) is 20.8. The fourth-order valence-electron chi connectivity index (χ4n) is 7.41. The number of hydrogen-bond donors (Lipinski definition) is 3. The Morgan fingerprint density at radius 2 is 1.72 bits per heavy atom. The average Bonchev–Trinajstić information content (AvgIpc) is 3.64. The van der Waals surface area contributed by atoms with E-state index < -0.39 is 28.7 Å². The number of nitrogens with zero attached hydrogens (tertiary/aromatic N) is 1. The summed E-state index contributed by atoms with van der Waals surface area (Å²) in [7, 11) is 0. The van der Waals surface area contributed by atoms with E-state index in [1.54, 1.807) is 28.8 Å². The Balaban J connectivity index is 1.32. The number of aliphatic hydroxyl groups excluding tert-OH is 1. The van der Waals surface area contributed by atoms with Gasteiger partial charge in [0.15, 0.2) is 0 Å². The van der Waals surface area contributed by atoms with Crippen LogP contribution in [0.2, 0.25) is 0 Å². The van der Waals surface area contributed by atoms with Crippen molar-refractivity contribution in [2.24, 2.45) is 17.8 Å². The molecule has 2 bridgehead atoms. The fourth-order valence-corrected chi connectivity index (χ4v) is 9.61. The average molecular weight is 602 g/mol. The molecule has 3 amide bonds. The van der Waals surface area contributed by atoms with Crippen LogP contribution in [-0.4, -0.2) is 63.0 Å². The number of carbonyl (C=O) groups is 3.